The Kier molecular flexibility index (Phi) is 10.8. The number of rotatable bonds is 13. The monoisotopic (exact) mass is 610 g/mol. The number of benzene rings is 1. The molecule has 44 heavy (non-hydrogen) atoms. The molecule has 0 spiro atoms. The van der Waals surface area contributed by atoms with Crippen molar-refractivity contribution >= 4 is 29.6 Å². The van der Waals surface area contributed by atoms with Crippen LogP contribution in [-0.4, -0.2) is 75.9 Å². The molecule has 11 heteroatoms. The molecule has 3 aliphatic rings. The summed E-state index contributed by atoms with van der Waals surface area (Å²) < 4.78 is 6.13. The fourth-order valence-electron chi connectivity index (χ4n) is 6.54. The zero-order valence-electron chi connectivity index (χ0n) is 25.9. The third kappa shape index (κ3) is 7.67. The summed E-state index contributed by atoms with van der Waals surface area (Å²) in [5.41, 5.74) is -0.512. The van der Waals surface area contributed by atoms with Gasteiger partial charge in [-0.05, 0) is 36.7 Å². The van der Waals surface area contributed by atoms with E-state index in [2.05, 4.69) is 22.5 Å². The number of carbonyl (C=O) groups is 5. The Morgan fingerprint density at radius 1 is 1.09 bits per heavy atom. The lowest BCUT2D eigenvalue weighted by atomic mass is 9.83. The van der Waals surface area contributed by atoms with Crippen molar-refractivity contribution in [2.24, 2.45) is 17.8 Å². The van der Waals surface area contributed by atoms with Gasteiger partial charge in [-0.25, -0.2) is 4.79 Å². The standard InChI is InChI=1S/C33H46N4O7/c1-5-24-17-33(24,32(42)43)36-29(39)26-16-25(44-19-22-12-8-6-9-13-22)18-37(26)31(41)27(20(2)3)35-30(40)28(34-21(4)38)23-14-10-7-11-15-23/h5-6,8-9,12-13,20,23-28H,1,7,10-11,14-19H2,2-4H3,(H,34,38)(H,35,40)(H,36,39)(H,42,43)/t24?,25-,26+,27+,28+,33?/m1/s1. The maximum atomic E-state index is 14.2. The van der Waals surface area contributed by atoms with E-state index in [0.29, 0.717) is 0 Å². The highest BCUT2D eigenvalue weighted by atomic mass is 16.5. The number of hydrogen-bond acceptors (Lipinski definition) is 6. The average molecular weight is 611 g/mol. The quantitative estimate of drug-likeness (QED) is 0.250. The Morgan fingerprint density at radius 3 is 2.34 bits per heavy atom. The van der Waals surface area contributed by atoms with Crippen molar-refractivity contribution in [2.75, 3.05) is 6.54 Å². The Bertz CT molecular complexity index is 1230. The molecule has 4 amide bonds. The van der Waals surface area contributed by atoms with Crippen LogP contribution >= 0.6 is 0 Å². The fourth-order valence-corrected chi connectivity index (χ4v) is 6.54. The van der Waals surface area contributed by atoms with E-state index in [1.165, 1.54) is 17.9 Å². The second-order valence-electron chi connectivity index (χ2n) is 12.8. The molecule has 3 fully saturated rings. The van der Waals surface area contributed by atoms with Crippen LogP contribution < -0.4 is 16.0 Å². The largest absolute Gasteiger partial charge is 0.479 e. The molecule has 4 rings (SSSR count). The fraction of sp³-hybridized carbons (Fsp3) is 0.606. The van der Waals surface area contributed by atoms with Crippen molar-refractivity contribution in [2.45, 2.75) is 102 Å². The van der Waals surface area contributed by atoms with Gasteiger partial charge in [0, 0.05) is 25.8 Å². The topological polar surface area (TPSA) is 154 Å². The molecule has 1 aromatic rings. The van der Waals surface area contributed by atoms with Crippen LogP contribution in [0.1, 0.15) is 71.3 Å². The molecule has 240 valence electrons. The minimum absolute atomic E-state index is 0.0276. The van der Waals surface area contributed by atoms with Gasteiger partial charge in [0.05, 0.1) is 12.7 Å². The van der Waals surface area contributed by atoms with Crippen LogP contribution in [0.25, 0.3) is 0 Å². The number of hydrogen-bond donors (Lipinski definition) is 4. The summed E-state index contributed by atoms with van der Waals surface area (Å²) in [7, 11) is 0. The zero-order valence-corrected chi connectivity index (χ0v) is 25.9. The van der Waals surface area contributed by atoms with Gasteiger partial charge >= 0.3 is 5.97 Å². The van der Waals surface area contributed by atoms with E-state index in [1.807, 2.05) is 44.2 Å². The molecule has 4 N–H and O–H groups in total. The number of likely N-dealkylation sites (tertiary alicyclic amines) is 1. The van der Waals surface area contributed by atoms with Crippen LogP contribution in [0.2, 0.25) is 0 Å². The number of nitrogens with zero attached hydrogens (tertiary/aromatic N) is 1. The molecule has 0 aromatic heterocycles. The number of carbonyl (C=O) groups excluding carboxylic acids is 4. The van der Waals surface area contributed by atoms with Crippen LogP contribution in [0.3, 0.4) is 0 Å². The summed E-state index contributed by atoms with van der Waals surface area (Å²) >= 11 is 0. The van der Waals surface area contributed by atoms with Crippen LogP contribution in [0.4, 0.5) is 0 Å². The molecule has 0 bridgehead atoms. The normalized spacial score (nSPS) is 26.4. The summed E-state index contributed by atoms with van der Waals surface area (Å²) in [6.07, 6.45) is 6.08. The van der Waals surface area contributed by atoms with Crippen molar-refractivity contribution < 1.29 is 33.8 Å². The summed E-state index contributed by atoms with van der Waals surface area (Å²) in [6, 6.07) is 6.81. The minimum Gasteiger partial charge on any atom is -0.479 e. The Morgan fingerprint density at radius 2 is 1.77 bits per heavy atom. The van der Waals surface area contributed by atoms with Gasteiger partial charge in [0.25, 0.3) is 0 Å². The Labute approximate surface area is 259 Å². The molecule has 1 aromatic carbocycles. The van der Waals surface area contributed by atoms with Crippen molar-refractivity contribution in [1.29, 1.82) is 0 Å². The highest BCUT2D eigenvalue weighted by Gasteiger charge is 2.61. The highest BCUT2D eigenvalue weighted by Crippen LogP contribution is 2.45. The molecule has 0 radical (unpaired) electrons. The molecule has 2 aliphatic carbocycles. The predicted molar refractivity (Wildman–Crippen MR) is 163 cm³/mol. The number of carboxylic acids is 1. The first-order valence-corrected chi connectivity index (χ1v) is 15.7. The highest BCUT2D eigenvalue weighted by molar-refractivity contribution is 5.97. The molecular formula is C33H46N4O7. The van der Waals surface area contributed by atoms with Gasteiger partial charge in [-0.2, -0.15) is 0 Å². The Balaban J connectivity index is 1.54. The van der Waals surface area contributed by atoms with E-state index in [1.54, 1.807) is 0 Å². The average Bonchev–Trinajstić information content (AvgIpc) is 3.56. The van der Waals surface area contributed by atoms with Gasteiger partial charge in [-0.1, -0.05) is 69.5 Å². The summed E-state index contributed by atoms with van der Waals surface area (Å²) in [5.74, 6) is -3.69. The van der Waals surface area contributed by atoms with E-state index in [9.17, 15) is 29.1 Å². The molecule has 6 atom stereocenters. The van der Waals surface area contributed by atoms with Crippen LogP contribution in [0, 0.1) is 17.8 Å². The van der Waals surface area contributed by atoms with E-state index in [0.717, 1.165) is 37.7 Å². The van der Waals surface area contributed by atoms with Gasteiger partial charge in [0.2, 0.25) is 23.6 Å². The lowest BCUT2D eigenvalue weighted by molar-refractivity contribution is -0.146. The van der Waals surface area contributed by atoms with Gasteiger partial charge in [-0.3, -0.25) is 19.2 Å². The lowest BCUT2D eigenvalue weighted by Crippen LogP contribution is -2.60. The SMILES string of the molecule is C=CC1CC1(NC(=O)[C@@H]1C[C@@H](OCc2ccccc2)CN1C(=O)[C@@H](NC(=O)[C@@H](NC(C)=O)C1CCCCC1)C(C)C)C(=O)O. The van der Waals surface area contributed by atoms with E-state index in [4.69, 9.17) is 4.74 Å². The molecule has 1 heterocycles. The number of nitrogens with one attached hydrogen (secondary N) is 3. The third-order valence-electron chi connectivity index (χ3n) is 9.20. The van der Waals surface area contributed by atoms with Gasteiger partial charge in [0.1, 0.15) is 23.7 Å². The lowest BCUT2D eigenvalue weighted by Gasteiger charge is -2.34. The van der Waals surface area contributed by atoms with E-state index in [-0.39, 0.29) is 43.7 Å². The first-order valence-electron chi connectivity index (χ1n) is 15.7. The third-order valence-corrected chi connectivity index (χ3v) is 9.20. The molecule has 1 aliphatic heterocycles. The maximum absolute atomic E-state index is 14.2. The smallest absolute Gasteiger partial charge is 0.330 e. The maximum Gasteiger partial charge on any atom is 0.330 e. The van der Waals surface area contributed by atoms with Crippen LogP contribution in [0.15, 0.2) is 43.0 Å². The van der Waals surface area contributed by atoms with Crippen molar-refractivity contribution in [3.8, 4) is 0 Å². The number of ether oxygens (including phenoxy) is 1. The minimum atomic E-state index is -1.45. The van der Waals surface area contributed by atoms with Gasteiger partial charge < -0.3 is 30.7 Å². The zero-order chi connectivity index (χ0) is 32.0. The summed E-state index contributed by atoms with van der Waals surface area (Å²) in [6.45, 7) is 9.06. The second-order valence-corrected chi connectivity index (χ2v) is 12.8. The molecular weight excluding hydrogens is 564 g/mol. The van der Waals surface area contributed by atoms with E-state index >= 15 is 0 Å². The van der Waals surface area contributed by atoms with Gasteiger partial charge in [0.15, 0.2) is 0 Å². The van der Waals surface area contributed by atoms with Crippen molar-refractivity contribution in [3.05, 3.63) is 48.6 Å². The molecule has 2 unspecified atom stereocenters. The van der Waals surface area contributed by atoms with Gasteiger partial charge in [-0.15, -0.1) is 6.58 Å². The molecule has 1 saturated heterocycles. The van der Waals surface area contributed by atoms with Crippen LogP contribution in [-0.2, 0) is 35.3 Å². The predicted octanol–water partition coefficient (Wildman–Crippen LogP) is 2.54. The molecule has 11 nitrogen and oxygen atoms in total. The number of aliphatic carboxylic acids is 1. The van der Waals surface area contributed by atoms with Crippen molar-refractivity contribution in [3.63, 3.8) is 0 Å². The second kappa shape index (κ2) is 14.4. The summed E-state index contributed by atoms with van der Waals surface area (Å²) in [5, 5.41) is 18.3. The van der Waals surface area contributed by atoms with E-state index < -0.39 is 59.4 Å². The Hall–Kier alpha value is -3.73. The summed E-state index contributed by atoms with van der Waals surface area (Å²) in [4.78, 5) is 67.0. The van der Waals surface area contributed by atoms with Crippen molar-refractivity contribution in [1.82, 2.24) is 20.9 Å². The van der Waals surface area contributed by atoms with Crippen LogP contribution in [0.5, 0.6) is 0 Å². The first-order chi connectivity index (χ1) is 21.0. The number of carboxylic acid groups (broad SMARTS) is 1. The number of amides is 4. The first kappa shape index (κ1) is 33.2. The molecule has 2 saturated carbocycles.